The Morgan fingerprint density at radius 3 is 2.90 bits per heavy atom. The van der Waals surface area contributed by atoms with E-state index < -0.39 is 5.60 Å². The normalized spacial score (nSPS) is 14.1. The van der Waals surface area contributed by atoms with Crippen LogP contribution in [-0.4, -0.2) is 21.6 Å². The average molecular weight is 285 g/mol. The number of rotatable bonds is 4. The van der Waals surface area contributed by atoms with Gasteiger partial charge in [-0.2, -0.15) is 11.3 Å². The molecule has 3 aromatic rings. The minimum absolute atomic E-state index is 0.394. The van der Waals surface area contributed by atoms with Crippen molar-refractivity contribution < 1.29 is 5.11 Å². The summed E-state index contributed by atoms with van der Waals surface area (Å²) in [6.45, 7) is 2.19. The number of thiophene rings is 1. The minimum Gasteiger partial charge on any atom is -0.384 e. The molecule has 1 atom stereocenters. The Hall–Kier alpha value is -1.98. The van der Waals surface area contributed by atoms with Gasteiger partial charge in [0.05, 0.1) is 5.52 Å². The zero-order chi connectivity index (χ0) is 14.0. The van der Waals surface area contributed by atoms with E-state index in [2.05, 4.69) is 15.3 Å². The highest BCUT2D eigenvalue weighted by Gasteiger charge is 2.23. The van der Waals surface area contributed by atoms with Gasteiger partial charge < -0.3 is 10.4 Å². The van der Waals surface area contributed by atoms with Crippen molar-refractivity contribution in [2.24, 2.45) is 0 Å². The lowest BCUT2D eigenvalue weighted by molar-refractivity contribution is 0.0719. The SMILES string of the molecule is CC(O)(CNc1ncnc2ccccc12)c1ccsc1. The zero-order valence-electron chi connectivity index (χ0n) is 11.1. The molecule has 0 saturated heterocycles. The van der Waals surface area contributed by atoms with Gasteiger partial charge in [0.25, 0.3) is 0 Å². The number of hydrogen-bond donors (Lipinski definition) is 2. The van der Waals surface area contributed by atoms with Crippen molar-refractivity contribution in [2.75, 3.05) is 11.9 Å². The monoisotopic (exact) mass is 285 g/mol. The summed E-state index contributed by atoms with van der Waals surface area (Å²) in [6, 6.07) is 9.75. The molecule has 0 amide bonds. The highest BCUT2D eigenvalue weighted by Crippen LogP contribution is 2.25. The van der Waals surface area contributed by atoms with Crippen LogP contribution in [0.3, 0.4) is 0 Å². The van der Waals surface area contributed by atoms with Gasteiger partial charge in [0.2, 0.25) is 0 Å². The summed E-state index contributed by atoms with van der Waals surface area (Å²) in [4.78, 5) is 8.48. The Labute approximate surface area is 121 Å². The van der Waals surface area contributed by atoms with Gasteiger partial charge in [0, 0.05) is 11.9 Å². The second-order valence-corrected chi connectivity index (χ2v) is 5.66. The van der Waals surface area contributed by atoms with Gasteiger partial charge in [-0.3, -0.25) is 0 Å². The van der Waals surface area contributed by atoms with Gasteiger partial charge in [-0.1, -0.05) is 12.1 Å². The topological polar surface area (TPSA) is 58.0 Å². The van der Waals surface area contributed by atoms with Crippen LogP contribution in [0.4, 0.5) is 5.82 Å². The first-order chi connectivity index (χ1) is 9.67. The highest BCUT2D eigenvalue weighted by molar-refractivity contribution is 7.08. The molecule has 2 aromatic heterocycles. The van der Waals surface area contributed by atoms with E-state index >= 15 is 0 Å². The summed E-state index contributed by atoms with van der Waals surface area (Å²) in [5, 5.41) is 18.6. The number of benzene rings is 1. The molecule has 0 aliphatic carbocycles. The number of nitrogens with zero attached hydrogens (tertiary/aromatic N) is 2. The molecule has 2 heterocycles. The molecule has 102 valence electrons. The van der Waals surface area contributed by atoms with Gasteiger partial charge in [0.15, 0.2) is 0 Å². The Morgan fingerprint density at radius 2 is 2.10 bits per heavy atom. The smallest absolute Gasteiger partial charge is 0.137 e. The van der Waals surface area contributed by atoms with Crippen LogP contribution in [-0.2, 0) is 5.60 Å². The van der Waals surface area contributed by atoms with E-state index in [1.165, 1.54) is 6.33 Å². The predicted octanol–water partition coefficient (Wildman–Crippen LogP) is 3.01. The third-order valence-corrected chi connectivity index (χ3v) is 3.97. The maximum absolute atomic E-state index is 10.5. The van der Waals surface area contributed by atoms with E-state index in [1.807, 2.05) is 41.1 Å². The zero-order valence-corrected chi connectivity index (χ0v) is 11.9. The van der Waals surface area contributed by atoms with E-state index in [9.17, 15) is 5.11 Å². The first kappa shape index (κ1) is 13.0. The van der Waals surface area contributed by atoms with Gasteiger partial charge in [-0.15, -0.1) is 0 Å². The second-order valence-electron chi connectivity index (χ2n) is 4.88. The number of anilines is 1. The van der Waals surface area contributed by atoms with E-state index in [1.54, 1.807) is 18.3 Å². The molecule has 20 heavy (non-hydrogen) atoms. The summed E-state index contributed by atoms with van der Waals surface area (Å²) >= 11 is 1.58. The molecule has 0 saturated carbocycles. The van der Waals surface area contributed by atoms with Gasteiger partial charge in [-0.05, 0) is 41.4 Å². The maximum atomic E-state index is 10.5. The third-order valence-electron chi connectivity index (χ3n) is 3.29. The van der Waals surface area contributed by atoms with E-state index in [0.717, 1.165) is 22.3 Å². The number of para-hydroxylation sites is 1. The molecule has 1 unspecified atom stereocenters. The Kier molecular flexibility index (Phi) is 3.38. The Balaban J connectivity index is 1.84. The minimum atomic E-state index is -0.925. The van der Waals surface area contributed by atoms with Crippen molar-refractivity contribution in [1.82, 2.24) is 9.97 Å². The lowest BCUT2D eigenvalue weighted by Gasteiger charge is -2.23. The van der Waals surface area contributed by atoms with Crippen molar-refractivity contribution >= 4 is 28.1 Å². The standard InChI is InChI=1S/C15H15N3OS/c1-15(19,11-6-7-20-8-11)9-16-14-12-4-2-3-5-13(12)17-10-18-14/h2-8,10,19H,9H2,1H3,(H,16,17,18). The molecule has 3 rings (SSSR count). The molecule has 0 radical (unpaired) electrons. The fourth-order valence-corrected chi connectivity index (χ4v) is 2.86. The van der Waals surface area contributed by atoms with Crippen molar-refractivity contribution in [3.05, 3.63) is 53.0 Å². The van der Waals surface area contributed by atoms with Crippen LogP contribution in [0.5, 0.6) is 0 Å². The quantitative estimate of drug-likeness (QED) is 0.773. The Bertz CT molecular complexity index is 705. The molecular weight excluding hydrogens is 270 g/mol. The van der Waals surface area contributed by atoms with Crippen LogP contribution in [0.1, 0.15) is 12.5 Å². The summed E-state index contributed by atoms with van der Waals surface area (Å²) in [5.41, 5.74) is 0.875. The van der Waals surface area contributed by atoms with Gasteiger partial charge >= 0.3 is 0 Å². The first-order valence-electron chi connectivity index (χ1n) is 6.35. The van der Waals surface area contributed by atoms with Crippen molar-refractivity contribution in [1.29, 1.82) is 0 Å². The highest BCUT2D eigenvalue weighted by atomic mass is 32.1. The van der Waals surface area contributed by atoms with Gasteiger partial charge in [0.1, 0.15) is 17.7 Å². The largest absolute Gasteiger partial charge is 0.384 e. The number of fused-ring (bicyclic) bond motifs is 1. The lowest BCUT2D eigenvalue weighted by atomic mass is 9.99. The molecule has 0 bridgehead atoms. The van der Waals surface area contributed by atoms with E-state index in [0.29, 0.717) is 6.54 Å². The number of hydrogen-bond acceptors (Lipinski definition) is 5. The molecule has 4 nitrogen and oxygen atoms in total. The molecule has 0 aliphatic heterocycles. The van der Waals surface area contributed by atoms with Crippen LogP contribution >= 0.6 is 11.3 Å². The van der Waals surface area contributed by atoms with Crippen LogP contribution in [0.25, 0.3) is 10.9 Å². The first-order valence-corrected chi connectivity index (χ1v) is 7.30. The summed E-state index contributed by atoms with van der Waals surface area (Å²) < 4.78 is 0. The van der Waals surface area contributed by atoms with Crippen LogP contribution in [0, 0.1) is 0 Å². The molecule has 2 N–H and O–H groups in total. The summed E-state index contributed by atoms with van der Waals surface area (Å²) in [5.74, 6) is 0.742. The maximum Gasteiger partial charge on any atom is 0.137 e. The van der Waals surface area contributed by atoms with Crippen LogP contribution < -0.4 is 5.32 Å². The van der Waals surface area contributed by atoms with Crippen molar-refractivity contribution in [3.63, 3.8) is 0 Å². The fraction of sp³-hybridized carbons (Fsp3) is 0.200. The Morgan fingerprint density at radius 1 is 1.25 bits per heavy atom. The molecule has 0 fully saturated rings. The van der Waals surface area contributed by atoms with Crippen LogP contribution in [0.15, 0.2) is 47.4 Å². The fourth-order valence-electron chi connectivity index (χ4n) is 2.07. The molecule has 1 aromatic carbocycles. The second kappa shape index (κ2) is 5.19. The molecule has 0 aliphatic rings. The molecular formula is C15H15N3OS. The average Bonchev–Trinajstić information content (AvgIpc) is 3.00. The number of aromatic nitrogens is 2. The number of nitrogens with one attached hydrogen (secondary N) is 1. The van der Waals surface area contributed by atoms with Crippen molar-refractivity contribution in [3.8, 4) is 0 Å². The lowest BCUT2D eigenvalue weighted by Crippen LogP contribution is -2.30. The predicted molar refractivity (Wildman–Crippen MR) is 81.9 cm³/mol. The summed E-state index contributed by atoms with van der Waals surface area (Å²) in [7, 11) is 0. The molecule has 5 heteroatoms. The van der Waals surface area contributed by atoms with Crippen LogP contribution in [0.2, 0.25) is 0 Å². The van der Waals surface area contributed by atoms with Crippen molar-refractivity contribution in [2.45, 2.75) is 12.5 Å². The third kappa shape index (κ3) is 2.50. The number of aliphatic hydroxyl groups is 1. The van der Waals surface area contributed by atoms with Gasteiger partial charge in [-0.25, -0.2) is 9.97 Å². The molecule has 0 spiro atoms. The van der Waals surface area contributed by atoms with E-state index in [-0.39, 0.29) is 0 Å². The van der Waals surface area contributed by atoms with E-state index in [4.69, 9.17) is 0 Å². The summed E-state index contributed by atoms with van der Waals surface area (Å²) in [6.07, 6.45) is 1.53.